The van der Waals surface area contributed by atoms with Gasteiger partial charge in [0.05, 0.1) is 26.2 Å². The Balaban J connectivity index is 3.87. The van der Waals surface area contributed by atoms with E-state index >= 15 is 0 Å². The van der Waals surface area contributed by atoms with Gasteiger partial charge >= 0.3 is 0 Å². The van der Waals surface area contributed by atoms with Crippen molar-refractivity contribution >= 4 is 0 Å². The number of hydrogen-bond acceptors (Lipinski definition) is 0. The van der Waals surface area contributed by atoms with Crippen LogP contribution in [0.15, 0.2) is 0 Å². The maximum absolute atomic E-state index is 4.55. The van der Waals surface area contributed by atoms with Crippen molar-refractivity contribution in [2.45, 2.75) is 27.7 Å². The summed E-state index contributed by atoms with van der Waals surface area (Å²) in [4.78, 5) is 0. The average molecular weight is 144 g/mol. The van der Waals surface area contributed by atoms with Gasteiger partial charge in [0.1, 0.15) is 0 Å². The topological polar surface area (TPSA) is 14.1 Å². The molecule has 0 aromatic rings. The predicted molar refractivity (Wildman–Crippen MR) is 44.6 cm³/mol. The van der Waals surface area contributed by atoms with Crippen LogP contribution in [0.25, 0.3) is 0 Å². The summed E-state index contributed by atoms with van der Waals surface area (Å²) >= 11 is 0. The second-order valence-electron chi connectivity index (χ2n) is 2.50. The second-order valence-corrected chi connectivity index (χ2v) is 2.50. The van der Waals surface area contributed by atoms with E-state index in [1.165, 1.54) is 0 Å². The minimum atomic E-state index is 0.927. The largest absolute Gasteiger partial charge is 0.226 e. The first-order chi connectivity index (χ1) is 4.74. The molecular weight excluding hydrogens is 124 g/mol. The molecule has 10 heavy (non-hydrogen) atoms. The molecule has 0 bridgehead atoms. The normalized spacial score (nSPS) is 12.0. The highest BCUT2D eigenvalue weighted by molar-refractivity contribution is 4.29. The van der Waals surface area contributed by atoms with Crippen molar-refractivity contribution in [1.82, 2.24) is 5.43 Å². The Kier molecular flexibility index (Phi) is 4.65. The fraction of sp³-hybridized carbons (Fsp3) is 1.00. The van der Waals surface area contributed by atoms with Crippen LogP contribution < -0.4 is 5.43 Å². The van der Waals surface area contributed by atoms with E-state index in [0.717, 1.165) is 30.8 Å². The quantitative estimate of drug-likeness (QED) is 0.409. The van der Waals surface area contributed by atoms with E-state index in [-0.39, 0.29) is 0 Å². The van der Waals surface area contributed by atoms with Crippen molar-refractivity contribution in [2.24, 2.45) is 0 Å². The first kappa shape index (κ1) is 9.92. The van der Waals surface area contributed by atoms with Crippen molar-refractivity contribution in [3.8, 4) is 0 Å². The molecule has 0 N–H and O–H groups in total. The van der Waals surface area contributed by atoms with Crippen molar-refractivity contribution in [3.63, 3.8) is 0 Å². The Hall–Kier alpha value is -0.0800. The van der Waals surface area contributed by atoms with Gasteiger partial charge in [-0.05, 0) is 33.1 Å². The van der Waals surface area contributed by atoms with Crippen LogP contribution in [-0.4, -0.2) is 30.8 Å². The third-order valence-corrected chi connectivity index (χ3v) is 2.21. The summed E-state index contributed by atoms with van der Waals surface area (Å²) in [5.41, 5.74) is 4.55. The van der Waals surface area contributed by atoms with Gasteiger partial charge in [0.25, 0.3) is 0 Å². The van der Waals surface area contributed by atoms with Gasteiger partial charge in [-0.25, -0.2) is 4.59 Å². The number of quaternary nitrogens is 1. The van der Waals surface area contributed by atoms with Crippen molar-refractivity contribution in [3.05, 3.63) is 0 Å². The summed E-state index contributed by atoms with van der Waals surface area (Å²) < 4.78 is 0.927. The Labute approximate surface area is 64.8 Å². The lowest BCUT2D eigenvalue weighted by Gasteiger charge is -2.31. The van der Waals surface area contributed by atoms with Gasteiger partial charge in [-0.1, -0.05) is 0 Å². The molecule has 61 valence electrons. The third-order valence-electron chi connectivity index (χ3n) is 2.21. The van der Waals surface area contributed by atoms with Crippen LogP contribution in [0.2, 0.25) is 0 Å². The molecule has 0 unspecified atom stereocenters. The molecule has 0 aliphatic heterocycles. The maximum atomic E-state index is 4.55. The average Bonchev–Trinajstić information content (AvgIpc) is 2.01. The molecule has 2 heteroatoms. The van der Waals surface area contributed by atoms with E-state index < -0.39 is 0 Å². The van der Waals surface area contributed by atoms with Crippen LogP contribution in [0.5, 0.6) is 0 Å². The van der Waals surface area contributed by atoms with E-state index in [1.54, 1.807) is 0 Å². The standard InChI is InChI=1S/C8H20N2/c1-5-9-10(6-2,7-3)8-4/h5-8H2,1-4H3/q+1. The zero-order chi connectivity index (χ0) is 8.04. The molecule has 0 aromatic heterocycles. The molecule has 0 fully saturated rings. The Bertz CT molecular complexity index is 69.1. The van der Waals surface area contributed by atoms with Crippen molar-refractivity contribution in [2.75, 3.05) is 26.2 Å². The molecular formula is C8H20N2+. The van der Waals surface area contributed by atoms with Gasteiger partial charge in [-0.3, -0.25) is 0 Å². The molecule has 0 heterocycles. The summed E-state index contributed by atoms with van der Waals surface area (Å²) in [7, 11) is 0. The molecule has 0 saturated heterocycles. The van der Waals surface area contributed by atoms with Gasteiger partial charge in [-0.15, -0.1) is 0 Å². The lowest BCUT2D eigenvalue weighted by molar-refractivity contribution is -0.968. The number of nitrogens with zero attached hydrogens (tertiary/aromatic N) is 2. The minimum absolute atomic E-state index is 0.927. The van der Waals surface area contributed by atoms with Crippen LogP contribution in [0.3, 0.4) is 0 Å². The van der Waals surface area contributed by atoms with Crippen LogP contribution >= 0.6 is 0 Å². The molecule has 2 nitrogen and oxygen atoms in total. The third kappa shape index (κ3) is 2.27. The Morgan fingerprint density at radius 3 is 1.40 bits per heavy atom. The second kappa shape index (κ2) is 4.69. The molecule has 0 aromatic carbocycles. The van der Waals surface area contributed by atoms with E-state index in [2.05, 4.69) is 33.1 Å². The fourth-order valence-electron chi connectivity index (χ4n) is 1.27. The minimum Gasteiger partial charge on any atom is -0.226 e. The van der Waals surface area contributed by atoms with Gasteiger partial charge in [-0.2, -0.15) is 0 Å². The van der Waals surface area contributed by atoms with Gasteiger partial charge in [0.15, 0.2) is 0 Å². The molecule has 0 rings (SSSR count). The number of rotatable bonds is 5. The van der Waals surface area contributed by atoms with Crippen molar-refractivity contribution < 1.29 is 4.59 Å². The van der Waals surface area contributed by atoms with Crippen molar-refractivity contribution in [1.29, 1.82) is 0 Å². The molecule has 0 atom stereocenters. The molecule has 0 spiro atoms. The molecule has 0 aliphatic carbocycles. The van der Waals surface area contributed by atoms with Crippen LogP contribution in [-0.2, 0) is 0 Å². The highest BCUT2D eigenvalue weighted by Crippen LogP contribution is 2.00. The zero-order valence-corrected chi connectivity index (χ0v) is 7.72. The molecule has 0 amide bonds. The van der Waals surface area contributed by atoms with Crippen LogP contribution in [0, 0.1) is 0 Å². The van der Waals surface area contributed by atoms with E-state index in [4.69, 9.17) is 0 Å². The first-order valence-electron chi connectivity index (χ1n) is 4.29. The smallest absolute Gasteiger partial charge is 0.0949 e. The SMILES string of the molecule is CC[N][N+](CC)(CC)CC. The van der Waals surface area contributed by atoms with E-state index in [0.29, 0.717) is 0 Å². The van der Waals surface area contributed by atoms with E-state index in [1.807, 2.05) is 0 Å². The summed E-state index contributed by atoms with van der Waals surface area (Å²) in [6, 6.07) is 0. The zero-order valence-electron chi connectivity index (χ0n) is 7.72. The Morgan fingerprint density at radius 2 is 1.30 bits per heavy atom. The van der Waals surface area contributed by atoms with Crippen LogP contribution in [0.4, 0.5) is 0 Å². The highest BCUT2D eigenvalue weighted by Gasteiger charge is 2.20. The molecule has 0 saturated carbocycles. The van der Waals surface area contributed by atoms with Gasteiger partial charge < -0.3 is 0 Å². The fourth-order valence-corrected chi connectivity index (χ4v) is 1.27. The highest BCUT2D eigenvalue weighted by atomic mass is 15.6. The van der Waals surface area contributed by atoms with Gasteiger partial charge in [0, 0.05) is 0 Å². The van der Waals surface area contributed by atoms with Crippen LogP contribution in [0.1, 0.15) is 27.7 Å². The first-order valence-corrected chi connectivity index (χ1v) is 4.29. The summed E-state index contributed by atoms with van der Waals surface area (Å²) in [6.07, 6.45) is 0. The lowest BCUT2D eigenvalue weighted by Crippen LogP contribution is -2.53. The summed E-state index contributed by atoms with van der Waals surface area (Å²) in [6.45, 7) is 13.0. The van der Waals surface area contributed by atoms with Gasteiger partial charge in [0.2, 0.25) is 0 Å². The number of hydrogen-bond donors (Lipinski definition) is 0. The Morgan fingerprint density at radius 1 is 0.900 bits per heavy atom. The monoisotopic (exact) mass is 144 g/mol. The summed E-state index contributed by atoms with van der Waals surface area (Å²) in [5.74, 6) is 0. The summed E-state index contributed by atoms with van der Waals surface area (Å²) in [5, 5.41) is 0. The lowest BCUT2D eigenvalue weighted by atomic mass is 10.4. The molecule has 1 radical (unpaired) electrons. The van der Waals surface area contributed by atoms with E-state index in [9.17, 15) is 0 Å². The molecule has 0 aliphatic rings. The maximum Gasteiger partial charge on any atom is 0.0949 e. The predicted octanol–water partition coefficient (Wildman–Crippen LogP) is 1.40.